The van der Waals surface area contributed by atoms with Gasteiger partial charge in [-0.1, -0.05) is 36.9 Å². The first-order chi connectivity index (χ1) is 8.70. The zero-order chi connectivity index (χ0) is 13.0. The quantitative estimate of drug-likeness (QED) is 0.901. The second-order valence-corrected chi connectivity index (χ2v) is 5.29. The van der Waals surface area contributed by atoms with Crippen LogP contribution in [0.2, 0.25) is 0 Å². The van der Waals surface area contributed by atoms with Crippen LogP contribution in [-0.4, -0.2) is 10.1 Å². The van der Waals surface area contributed by atoms with Crippen LogP contribution in [0, 0.1) is 6.92 Å². The van der Waals surface area contributed by atoms with Crippen LogP contribution in [0.3, 0.4) is 0 Å². The monoisotopic (exact) mass is 259 g/mol. The Balaban J connectivity index is 2.20. The molecule has 2 aromatic rings. The Kier molecular flexibility index (Phi) is 4.39. The predicted octanol–water partition coefficient (Wildman–Crippen LogP) is 3.98. The SMILES string of the molecule is CCC(O)c1cnc(Sc2ccccc2)c(C)c1. The van der Waals surface area contributed by atoms with Gasteiger partial charge < -0.3 is 5.11 Å². The van der Waals surface area contributed by atoms with Gasteiger partial charge in [0.15, 0.2) is 0 Å². The molecule has 0 amide bonds. The molecule has 0 spiro atoms. The molecule has 0 aliphatic carbocycles. The molecule has 0 aliphatic rings. The smallest absolute Gasteiger partial charge is 0.104 e. The lowest BCUT2D eigenvalue weighted by molar-refractivity contribution is 0.173. The minimum absolute atomic E-state index is 0.410. The first-order valence-corrected chi connectivity index (χ1v) is 6.90. The maximum Gasteiger partial charge on any atom is 0.104 e. The van der Waals surface area contributed by atoms with Gasteiger partial charge in [-0.15, -0.1) is 0 Å². The molecule has 1 N–H and O–H groups in total. The van der Waals surface area contributed by atoms with Crippen molar-refractivity contribution in [1.29, 1.82) is 0 Å². The number of benzene rings is 1. The molecule has 0 saturated carbocycles. The van der Waals surface area contributed by atoms with Crippen molar-refractivity contribution < 1.29 is 5.11 Å². The fraction of sp³-hybridized carbons (Fsp3) is 0.267. The van der Waals surface area contributed by atoms with Crippen LogP contribution in [0.25, 0.3) is 0 Å². The van der Waals surface area contributed by atoms with E-state index >= 15 is 0 Å². The number of aliphatic hydroxyl groups excluding tert-OH is 1. The van der Waals surface area contributed by atoms with Crippen molar-refractivity contribution in [2.75, 3.05) is 0 Å². The molecule has 0 bridgehead atoms. The van der Waals surface area contributed by atoms with Gasteiger partial charge in [0.05, 0.1) is 6.10 Å². The molecule has 1 aromatic carbocycles. The Morgan fingerprint density at radius 2 is 2.00 bits per heavy atom. The predicted molar refractivity (Wildman–Crippen MR) is 74.8 cm³/mol. The highest BCUT2D eigenvalue weighted by molar-refractivity contribution is 7.99. The third-order valence-corrected chi connectivity index (χ3v) is 3.91. The molecule has 94 valence electrons. The van der Waals surface area contributed by atoms with Crippen LogP contribution in [0.4, 0.5) is 0 Å². The van der Waals surface area contributed by atoms with Gasteiger partial charge in [0, 0.05) is 11.1 Å². The zero-order valence-corrected chi connectivity index (χ0v) is 11.4. The molecule has 0 fully saturated rings. The lowest BCUT2D eigenvalue weighted by Crippen LogP contribution is -1.98. The standard InChI is InChI=1S/C15H17NOS/c1-3-14(17)12-9-11(2)15(16-10-12)18-13-7-5-4-6-8-13/h4-10,14,17H,3H2,1-2H3. The van der Waals surface area contributed by atoms with E-state index in [2.05, 4.69) is 17.1 Å². The normalized spacial score (nSPS) is 12.4. The molecule has 0 aliphatic heterocycles. The third kappa shape index (κ3) is 3.12. The Bertz CT molecular complexity index is 513. The van der Waals surface area contributed by atoms with E-state index in [1.54, 1.807) is 18.0 Å². The highest BCUT2D eigenvalue weighted by atomic mass is 32.2. The topological polar surface area (TPSA) is 33.1 Å². The Hall–Kier alpha value is -1.32. The maximum absolute atomic E-state index is 9.79. The number of nitrogens with zero attached hydrogens (tertiary/aromatic N) is 1. The van der Waals surface area contributed by atoms with Crippen LogP contribution in [0.5, 0.6) is 0 Å². The highest BCUT2D eigenvalue weighted by Crippen LogP contribution is 2.29. The zero-order valence-electron chi connectivity index (χ0n) is 10.6. The van der Waals surface area contributed by atoms with Crippen molar-refractivity contribution >= 4 is 11.8 Å². The van der Waals surface area contributed by atoms with E-state index in [4.69, 9.17) is 0 Å². The fourth-order valence-electron chi connectivity index (χ4n) is 1.71. The Labute approximate surface area is 112 Å². The minimum atomic E-state index is -0.410. The number of rotatable bonds is 4. The molecule has 0 radical (unpaired) electrons. The number of aliphatic hydroxyl groups is 1. The minimum Gasteiger partial charge on any atom is -0.388 e. The van der Waals surface area contributed by atoms with Gasteiger partial charge in [0.1, 0.15) is 5.03 Å². The van der Waals surface area contributed by atoms with Crippen LogP contribution in [0.15, 0.2) is 52.5 Å². The van der Waals surface area contributed by atoms with Crippen LogP contribution >= 0.6 is 11.8 Å². The van der Waals surface area contributed by atoms with Crippen LogP contribution in [-0.2, 0) is 0 Å². The average molecular weight is 259 g/mol. The van der Waals surface area contributed by atoms with Crippen molar-refractivity contribution in [3.63, 3.8) is 0 Å². The second-order valence-electron chi connectivity index (χ2n) is 4.23. The molecule has 1 aromatic heterocycles. The van der Waals surface area contributed by atoms with Gasteiger partial charge in [0.2, 0.25) is 0 Å². The Morgan fingerprint density at radius 1 is 1.28 bits per heavy atom. The van der Waals surface area contributed by atoms with Gasteiger partial charge in [-0.25, -0.2) is 4.98 Å². The van der Waals surface area contributed by atoms with Gasteiger partial charge >= 0.3 is 0 Å². The summed E-state index contributed by atoms with van der Waals surface area (Å²) in [6.07, 6.45) is 2.07. The summed E-state index contributed by atoms with van der Waals surface area (Å²) in [5.74, 6) is 0. The van der Waals surface area contributed by atoms with E-state index < -0.39 is 6.10 Å². The molecule has 0 saturated heterocycles. The summed E-state index contributed by atoms with van der Waals surface area (Å²) in [4.78, 5) is 5.62. The third-order valence-electron chi connectivity index (χ3n) is 2.78. The average Bonchev–Trinajstić information content (AvgIpc) is 2.41. The van der Waals surface area contributed by atoms with Gasteiger partial charge in [-0.2, -0.15) is 0 Å². The number of hydrogen-bond donors (Lipinski definition) is 1. The van der Waals surface area contributed by atoms with E-state index in [9.17, 15) is 5.11 Å². The summed E-state index contributed by atoms with van der Waals surface area (Å²) in [5, 5.41) is 10.8. The van der Waals surface area contributed by atoms with Gasteiger partial charge in [-0.3, -0.25) is 0 Å². The van der Waals surface area contributed by atoms with E-state index in [1.165, 1.54) is 4.90 Å². The van der Waals surface area contributed by atoms with Crippen molar-refractivity contribution in [3.8, 4) is 0 Å². The van der Waals surface area contributed by atoms with E-state index in [0.29, 0.717) is 6.42 Å². The molecule has 1 heterocycles. The lowest BCUT2D eigenvalue weighted by Gasteiger charge is -2.10. The van der Waals surface area contributed by atoms with Crippen LogP contribution < -0.4 is 0 Å². The van der Waals surface area contributed by atoms with E-state index in [-0.39, 0.29) is 0 Å². The first-order valence-electron chi connectivity index (χ1n) is 6.08. The molecule has 3 heteroatoms. The molecule has 1 unspecified atom stereocenters. The summed E-state index contributed by atoms with van der Waals surface area (Å²) in [6.45, 7) is 4.00. The molecule has 2 nitrogen and oxygen atoms in total. The summed E-state index contributed by atoms with van der Waals surface area (Å²) in [6, 6.07) is 12.2. The molecule has 2 rings (SSSR count). The van der Waals surface area contributed by atoms with Gasteiger partial charge in [0.25, 0.3) is 0 Å². The van der Waals surface area contributed by atoms with E-state index in [1.807, 2.05) is 38.1 Å². The largest absolute Gasteiger partial charge is 0.388 e. The van der Waals surface area contributed by atoms with Crippen molar-refractivity contribution in [1.82, 2.24) is 4.98 Å². The number of hydrogen-bond acceptors (Lipinski definition) is 3. The summed E-state index contributed by atoms with van der Waals surface area (Å²) in [5.41, 5.74) is 2.00. The second kappa shape index (κ2) is 6.03. The maximum atomic E-state index is 9.79. The van der Waals surface area contributed by atoms with Crippen molar-refractivity contribution in [2.24, 2.45) is 0 Å². The molecule has 18 heavy (non-hydrogen) atoms. The summed E-state index contributed by atoms with van der Waals surface area (Å²) in [7, 11) is 0. The lowest BCUT2D eigenvalue weighted by atomic mass is 10.1. The summed E-state index contributed by atoms with van der Waals surface area (Å²) < 4.78 is 0. The Morgan fingerprint density at radius 3 is 2.61 bits per heavy atom. The highest BCUT2D eigenvalue weighted by Gasteiger charge is 2.08. The molecule has 1 atom stereocenters. The van der Waals surface area contributed by atoms with Crippen molar-refractivity contribution in [3.05, 3.63) is 53.7 Å². The first kappa shape index (κ1) is 13.1. The summed E-state index contributed by atoms with van der Waals surface area (Å²) >= 11 is 1.65. The number of pyridine rings is 1. The van der Waals surface area contributed by atoms with E-state index in [0.717, 1.165) is 16.2 Å². The number of aromatic nitrogens is 1. The molecular weight excluding hydrogens is 242 g/mol. The number of aryl methyl sites for hydroxylation is 1. The molecular formula is C15H17NOS. The fourth-order valence-corrected chi connectivity index (χ4v) is 2.55. The van der Waals surface area contributed by atoms with Crippen molar-refractivity contribution in [2.45, 2.75) is 36.3 Å². The van der Waals surface area contributed by atoms with Gasteiger partial charge in [-0.05, 0) is 42.7 Å². The van der Waals surface area contributed by atoms with Crippen LogP contribution in [0.1, 0.15) is 30.6 Å².